The standard InChI is InChI=1S/C16H21NO4/c1-3-11-8-9-17(16(19)20)14(10-11)12-4-6-13(7-5-12)15(18)21-2/h4-7,11,14H,3,8-10H2,1-2H3,(H,19,20). The summed E-state index contributed by atoms with van der Waals surface area (Å²) in [5.41, 5.74) is 1.41. The molecule has 1 saturated heterocycles. The van der Waals surface area contributed by atoms with E-state index in [1.165, 1.54) is 12.0 Å². The third-order valence-corrected chi connectivity index (χ3v) is 4.25. The Morgan fingerprint density at radius 1 is 1.33 bits per heavy atom. The van der Waals surface area contributed by atoms with Gasteiger partial charge in [0, 0.05) is 6.54 Å². The zero-order valence-corrected chi connectivity index (χ0v) is 12.4. The SMILES string of the molecule is CCC1CCN(C(=O)O)C(c2ccc(C(=O)OC)cc2)C1. The van der Waals surface area contributed by atoms with E-state index < -0.39 is 6.09 Å². The van der Waals surface area contributed by atoms with E-state index in [9.17, 15) is 14.7 Å². The van der Waals surface area contributed by atoms with Crippen LogP contribution in [0.1, 0.15) is 48.1 Å². The predicted molar refractivity (Wildman–Crippen MR) is 78.3 cm³/mol. The highest BCUT2D eigenvalue weighted by atomic mass is 16.5. The lowest BCUT2D eigenvalue weighted by atomic mass is 9.85. The van der Waals surface area contributed by atoms with Gasteiger partial charge in [-0.15, -0.1) is 0 Å². The summed E-state index contributed by atoms with van der Waals surface area (Å²) in [5, 5.41) is 9.36. The largest absolute Gasteiger partial charge is 0.465 e. The van der Waals surface area contributed by atoms with Crippen LogP contribution >= 0.6 is 0 Å². The molecule has 0 saturated carbocycles. The molecule has 0 aromatic heterocycles. The number of carbonyl (C=O) groups excluding carboxylic acids is 1. The van der Waals surface area contributed by atoms with Gasteiger partial charge in [-0.1, -0.05) is 25.5 Å². The minimum absolute atomic E-state index is 0.132. The fraction of sp³-hybridized carbons (Fsp3) is 0.500. The third-order valence-electron chi connectivity index (χ3n) is 4.25. The Kier molecular flexibility index (Phi) is 4.83. The highest BCUT2D eigenvalue weighted by molar-refractivity contribution is 5.89. The van der Waals surface area contributed by atoms with Gasteiger partial charge in [-0.3, -0.25) is 0 Å². The average molecular weight is 291 g/mol. The number of likely N-dealkylation sites (tertiary alicyclic amines) is 1. The van der Waals surface area contributed by atoms with Gasteiger partial charge in [0.25, 0.3) is 0 Å². The Bertz CT molecular complexity index is 512. The van der Waals surface area contributed by atoms with Crippen LogP contribution in [0.15, 0.2) is 24.3 Å². The number of carboxylic acid groups (broad SMARTS) is 1. The summed E-state index contributed by atoms with van der Waals surface area (Å²) in [4.78, 5) is 24.4. The zero-order valence-electron chi connectivity index (χ0n) is 12.4. The van der Waals surface area contributed by atoms with Crippen LogP contribution in [0.2, 0.25) is 0 Å². The predicted octanol–water partition coefficient (Wildman–Crippen LogP) is 3.31. The van der Waals surface area contributed by atoms with Gasteiger partial charge in [0.05, 0.1) is 18.7 Å². The maximum absolute atomic E-state index is 11.4. The second-order valence-corrected chi connectivity index (χ2v) is 5.40. The highest BCUT2D eigenvalue weighted by Gasteiger charge is 2.31. The summed E-state index contributed by atoms with van der Waals surface area (Å²) < 4.78 is 4.67. The van der Waals surface area contributed by atoms with Crippen molar-refractivity contribution in [3.05, 3.63) is 35.4 Å². The van der Waals surface area contributed by atoms with Crippen LogP contribution in [-0.2, 0) is 4.74 Å². The molecule has 5 heteroatoms. The van der Waals surface area contributed by atoms with Crippen molar-refractivity contribution in [3.8, 4) is 0 Å². The van der Waals surface area contributed by atoms with Gasteiger partial charge >= 0.3 is 12.1 Å². The normalized spacial score (nSPS) is 21.9. The number of esters is 1. The molecule has 0 aliphatic carbocycles. The fourth-order valence-electron chi connectivity index (χ4n) is 2.91. The van der Waals surface area contributed by atoms with Crippen LogP contribution in [0.4, 0.5) is 4.79 Å². The van der Waals surface area contributed by atoms with Crippen molar-refractivity contribution in [2.24, 2.45) is 5.92 Å². The van der Waals surface area contributed by atoms with E-state index >= 15 is 0 Å². The molecule has 21 heavy (non-hydrogen) atoms. The summed E-state index contributed by atoms with van der Waals surface area (Å²) in [6.07, 6.45) is 1.93. The maximum atomic E-state index is 11.4. The molecule has 2 unspecified atom stereocenters. The number of methoxy groups -OCH3 is 1. The van der Waals surface area contributed by atoms with E-state index in [1.54, 1.807) is 12.1 Å². The lowest BCUT2D eigenvalue weighted by Crippen LogP contribution is -2.40. The molecule has 1 aromatic carbocycles. The van der Waals surface area contributed by atoms with Crippen molar-refractivity contribution in [2.45, 2.75) is 32.2 Å². The quantitative estimate of drug-likeness (QED) is 0.868. The number of amides is 1. The molecule has 1 aliphatic rings. The van der Waals surface area contributed by atoms with Crippen molar-refractivity contribution in [2.75, 3.05) is 13.7 Å². The number of piperidine rings is 1. The number of rotatable bonds is 3. The molecule has 114 valence electrons. The van der Waals surface area contributed by atoms with E-state index in [-0.39, 0.29) is 12.0 Å². The third kappa shape index (κ3) is 3.35. The minimum Gasteiger partial charge on any atom is -0.465 e. The van der Waals surface area contributed by atoms with Crippen LogP contribution < -0.4 is 0 Å². The molecular formula is C16H21NO4. The molecule has 1 aliphatic heterocycles. The van der Waals surface area contributed by atoms with E-state index in [0.717, 1.165) is 24.8 Å². The summed E-state index contributed by atoms with van der Waals surface area (Å²) in [6, 6.07) is 6.90. The van der Waals surface area contributed by atoms with Gasteiger partial charge < -0.3 is 14.7 Å². The molecule has 1 N–H and O–H groups in total. The van der Waals surface area contributed by atoms with Crippen LogP contribution in [-0.4, -0.2) is 35.7 Å². The second kappa shape index (κ2) is 6.61. The first-order valence-electron chi connectivity index (χ1n) is 7.24. The van der Waals surface area contributed by atoms with Gasteiger partial charge in [-0.05, 0) is 36.5 Å². The van der Waals surface area contributed by atoms with E-state index in [0.29, 0.717) is 18.0 Å². The second-order valence-electron chi connectivity index (χ2n) is 5.40. The topological polar surface area (TPSA) is 66.8 Å². The lowest BCUT2D eigenvalue weighted by molar-refractivity contribution is 0.0600. The number of hydrogen-bond donors (Lipinski definition) is 1. The molecule has 5 nitrogen and oxygen atoms in total. The first-order chi connectivity index (χ1) is 10.1. The average Bonchev–Trinajstić information content (AvgIpc) is 2.53. The molecule has 0 radical (unpaired) electrons. The summed E-state index contributed by atoms with van der Waals surface area (Å²) >= 11 is 0. The molecule has 2 rings (SSSR count). The molecular weight excluding hydrogens is 270 g/mol. The number of nitrogens with zero attached hydrogens (tertiary/aromatic N) is 1. The summed E-state index contributed by atoms with van der Waals surface area (Å²) in [7, 11) is 1.34. The van der Waals surface area contributed by atoms with Crippen LogP contribution in [0, 0.1) is 5.92 Å². The Morgan fingerprint density at radius 2 is 2.00 bits per heavy atom. The molecule has 0 spiro atoms. The van der Waals surface area contributed by atoms with Gasteiger partial charge in [-0.25, -0.2) is 9.59 Å². The van der Waals surface area contributed by atoms with Crippen LogP contribution in [0.3, 0.4) is 0 Å². The summed E-state index contributed by atoms with van der Waals surface area (Å²) in [6.45, 7) is 2.70. The molecule has 1 heterocycles. The van der Waals surface area contributed by atoms with Crippen molar-refractivity contribution in [1.29, 1.82) is 0 Å². The Balaban J connectivity index is 2.23. The number of carbonyl (C=O) groups is 2. The van der Waals surface area contributed by atoms with Crippen LogP contribution in [0.25, 0.3) is 0 Å². The Labute approximate surface area is 124 Å². The number of benzene rings is 1. The molecule has 1 fully saturated rings. The Morgan fingerprint density at radius 3 is 2.52 bits per heavy atom. The minimum atomic E-state index is -0.883. The fourth-order valence-corrected chi connectivity index (χ4v) is 2.91. The molecule has 0 bridgehead atoms. The first-order valence-corrected chi connectivity index (χ1v) is 7.24. The van der Waals surface area contributed by atoms with Gasteiger partial charge in [-0.2, -0.15) is 0 Å². The number of ether oxygens (including phenoxy) is 1. The van der Waals surface area contributed by atoms with E-state index in [4.69, 9.17) is 0 Å². The van der Waals surface area contributed by atoms with Gasteiger partial charge in [0.1, 0.15) is 0 Å². The van der Waals surface area contributed by atoms with E-state index in [1.807, 2.05) is 12.1 Å². The van der Waals surface area contributed by atoms with Crippen molar-refractivity contribution in [3.63, 3.8) is 0 Å². The molecule has 1 amide bonds. The van der Waals surface area contributed by atoms with Crippen LogP contribution in [0.5, 0.6) is 0 Å². The zero-order chi connectivity index (χ0) is 15.4. The van der Waals surface area contributed by atoms with Crippen molar-refractivity contribution >= 4 is 12.1 Å². The first kappa shape index (κ1) is 15.4. The van der Waals surface area contributed by atoms with Crippen molar-refractivity contribution < 1.29 is 19.4 Å². The number of hydrogen-bond acceptors (Lipinski definition) is 3. The van der Waals surface area contributed by atoms with Crippen molar-refractivity contribution in [1.82, 2.24) is 4.90 Å². The van der Waals surface area contributed by atoms with Gasteiger partial charge in [0.2, 0.25) is 0 Å². The highest BCUT2D eigenvalue weighted by Crippen LogP contribution is 2.35. The smallest absolute Gasteiger partial charge is 0.407 e. The summed E-state index contributed by atoms with van der Waals surface area (Å²) in [5.74, 6) is 0.164. The van der Waals surface area contributed by atoms with Gasteiger partial charge in [0.15, 0.2) is 0 Å². The monoisotopic (exact) mass is 291 g/mol. The molecule has 1 aromatic rings. The van der Waals surface area contributed by atoms with E-state index in [2.05, 4.69) is 11.7 Å². The molecule has 2 atom stereocenters. The lowest BCUT2D eigenvalue weighted by Gasteiger charge is -2.38. The maximum Gasteiger partial charge on any atom is 0.407 e. The Hall–Kier alpha value is -2.04.